The number of nitriles is 1. The van der Waals surface area contributed by atoms with Crippen LogP contribution in [0.25, 0.3) is 0 Å². The third-order valence-corrected chi connectivity index (χ3v) is 4.37. The van der Waals surface area contributed by atoms with Gasteiger partial charge < -0.3 is 20.1 Å². The molecule has 0 aliphatic carbocycles. The predicted octanol–water partition coefficient (Wildman–Crippen LogP) is 2.05. The molecular weight excluding hydrogens is 266 g/mol. The van der Waals surface area contributed by atoms with Crippen LogP contribution in [0, 0.1) is 11.3 Å². The van der Waals surface area contributed by atoms with Crippen molar-refractivity contribution in [3.05, 3.63) is 23.3 Å². The first kappa shape index (κ1) is 14.2. The number of ether oxygens (including phenoxy) is 2. The Hall–Kier alpha value is -1.77. The van der Waals surface area contributed by atoms with Crippen LogP contribution >= 0.6 is 0 Å². The van der Waals surface area contributed by atoms with Gasteiger partial charge in [0.15, 0.2) is 5.79 Å². The number of nitrogens with zero attached hydrogens (tertiary/aromatic N) is 2. The first-order valence-electron chi connectivity index (χ1n) is 7.53. The van der Waals surface area contributed by atoms with Gasteiger partial charge in [-0.15, -0.1) is 0 Å². The Balaban J connectivity index is 1.86. The second-order valence-corrected chi connectivity index (χ2v) is 5.64. The molecule has 5 heteroatoms. The van der Waals surface area contributed by atoms with Crippen LogP contribution in [0.1, 0.15) is 30.9 Å². The molecule has 2 fully saturated rings. The molecule has 0 bridgehead atoms. The quantitative estimate of drug-likeness (QED) is 0.843. The van der Waals surface area contributed by atoms with Gasteiger partial charge in [-0.2, -0.15) is 5.26 Å². The molecule has 3 rings (SSSR count). The summed E-state index contributed by atoms with van der Waals surface area (Å²) in [5, 5.41) is 9.42. The van der Waals surface area contributed by atoms with E-state index in [4.69, 9.17) is 15.2 Å². The summed E-state index contributed by atoms with van der Waals surface area (Å²) in [6.45, 7) is 5.14. The number of aryl methyl sites for hydroxylation is 1. The van der Waals surface area contributed by atoms with Crippen molar-refractivity contribution in [3.8, 4) is 6.07 Å². The van der Waals surface area contributed by atoms with E-state index in [0.29, 0.717) is 24.5 Å². The standard InChI is InChI=1S/C16H21N3O2/c1-2-12-9-14(18)10-13(11-17)15(12)19-5-3-16(4-6-19)20-7-8-21-16/h9-10H,2-8,18H2,1H3. The third-order valence-electron chi connectivity index (χ3n) is 4.37. The van der Waals surface area contributed by atoms with E-state index in [1.807, 2.05) is 6.07 Å². The molecule has 0 unspecified atom stereocenters. The van der Waals surface area contributed by atoms with Crippen molar-refractivity contribution in [3.63, 3.8) is 0 Å². The van der Waals surface area contributed by atoms with Crippen molar-refractivity contribution < 1.29 is 9.47 Å². The number of nitrogens with two attached hydrogens (primary N) is 1. The zero-order valence-corrected chi connectivity index (χ0v) is 12.4. The summed E-state index contributed by atoms with van der Waals surface area (Å²) in [7, 11) is 0. The van der Waals surface area contributed by atoms with Crippen LogP contribution in [0.2, 0.25) is 0 Å². The largest absolute Gasteiger partial charge is 0.399 e. The zero-order chi connectivity index (χ0) is 14.9. The number of rotatable bonds is 2. The topological polar surface area (TPSA) is 71.5 Å². The average Bonchev–Trinajstić information content (AvgIpc) is 2.95. The molecule has 2 saturated heterocycles. The average molecular weight is 287 g/mol. The molecule has 0 atom stereocenters. The highest BCUT2D eigenvalue weighted by atomic mass is 16.7. The number of hydrogen-bond donors (Lipinski definition) is 1. The molecule has 21 heavy (non-hydrogen) atoms. The summed E-state index contributed by atoms with van der Waals surface area (Å²) in [6.07, 6.45) is 2.54. The highest BCUT2D eigenvalue weighted by Crippen LogP contribution is 2.36. The van der Waals surface area contributed by atoms with E-state index in [9.17, 15) is 5.26 Å². The Bertz CT molecular complexity index is 564. The van der Waals surface area contributed by atoms with E-state index < -0.39 is 0 Å². The van der Waals surface area contributed by atoms with Gasteiger partial charge in [-0.1, -0.05) is 6.92 Å². The SMILES string of the molecule is CCc1cc(N)cc(C#N)c1N1CCC2(CC1)OCCO2. The van der Waals surface area contributed by atoms with Crippen molar-refractivity contribution >= 4 is 11.4 Å². The lowest BCUT2D eigenvalue weighted by Gasteiger charge is -2.39. The molecule has 112 valence electrons. The molecule has 0 aromatic heterocycles. The lowest BCUT2D eigenvalue weighted by Crippen LogP contribution is -2.45. The first-order chi connectivity index (χ1) is 10.2. The Labute approximate surface area is 125 Å². The summed E-state index contributed by atoms with van der Waals surface area (Å²) < 4.78 is 11.5. The summed E-state index contributed by atoms with van der Waals surface area (Å²) in [5.74, 6) is -0.385. The molecule has 1 aromatic carbocycles. The lowest BCUT2D eigenvalue weighted by molar-refractivity contribution is -0.169. The monoisotopic (exact) mass is 287 g/mol. The molecule has 2 N–H and O–H groups in total. The maximum atomic E-state index is 9.42. The minimum atomic E-state index is -0.385. The number of anilines is 2. The number of hydrogen-bond acceptors (Lipinski definition) is 5. The van der Waals surface area contributed by atoms with Gasteiger partial charge >= 0.3 is 0 Å². The van der Waals surface area contributed by atoms with Crippen molar-refractivity contribution in [2.45, 2.75) is 32.0 Å². The minimum absolute atomic E-state index is 0.385. The van der Waals surface area contributed by atoms with Crippen LogP contribution in [0.5, 0.6) is 0 Å². The Morgan fingerprint density at radius 3 is 2.52 bits per heavy atom. The normalized spacial score (nSPS) is 20.7. The van der Waals surface area contributed by atoms with Gasteiger partial charge in [0.1, 0.15) is 6.07 Å². The Morgan fingerprint density at radius 1 is 1.29 bits per heavy atom. The first-order valence-corrected chi connectivity index (χ1v) is 7.53. The van der Waals surface area contributed by atoms with Crippen LogP contribution in [-0.4, -0.2) is 32.1 Å². The maximum Gasteiger partial charge on any atom is 0.171 e. The highest BCUT2D eigenvalue weighted by molar-refractivity contribution is 5.69. The second-order valence-electron chi connectivity index (χ2n) is 5.64. The molecule has 0 amide bonds. The highest BCUT2D eigenvalue weighted by Gasteiger charge is 2.40. The Morgan fingerprint density at radius 2 is 1.95 bits per heavy atom. The molecule has 2 heterocycles. The van der Waals surface area contributed by atoms with E-state index >= 15 is 0 Å². The van der Waals surface area contributed by atoms with Crippen molar-refractivity contribution in [1.29, 1.82) is 5.26 Å². The fourth-order valence-corrected chi connectivity index (χ4v) is 3.30. The van der Waals surface area contributed by atoms with E-state index in [1.54, 1.807) is 6.07 Å². The summed E-state index contributed by atoms with van der Waals surface area (Å²) >= 11 is 0. The fraction of sp³-hybridized carbons (Fsp3) is 0.562. The molecule has 1 aromatic rings. The fourth-order valence-electron chi connectivity index (χ4n) is 3.30. The van der Waals surface area contributed by atoms with Crippen LogP contribution in [0.4, 0.5) is 11.4 Å². The van der Waals surface area contributed by atoms with Crippen molar-refractivity contribution in [1.82, 2.24) is 0 Å². The van der Waals surface area contributed by atoms with Crippen LogP contribution < -0.4 is 10.6 Å². The molecule has 1 spiro atoms. The predicted molar refractivity (Wildman–Crippen MR) is 81.0 cm³/mol. The molecule has 0 radical (unpaired) electrons. The van der Waals surface area contributed by atoms with E-state index in [1.165, 1.54) is 0 Å². The van der Waals surface area contributed by atoms with Gasteiger partial charge in [0.2, 0.25) is 0 Å². The Kier molecular flexibility index (Phi) is 3.75. The van der Waals surface area contributed by atoms with Crippen LogP contribution in [0.3, 0.4) is 0 Å². The van der Waals surface area contributed by atoms with E-state index in [-0.39, 0.29) is 5.79 Å². The maximum absolute atomic E-state index is 9.42. The molecule has 2 aliphatic rings. The smallest absolute Gasteiger partial charge is 0.171 e. The van der Waals surface area contributed by atoms with Gasteiger partial charge in [-0.05, 0) is 24.1 Å². The summed E-state index contributed by atoms with van der Waals surface area (Å²) in [6, 6.07) is 6.03. The van der Waals surface area contributed by atoms with Gasteiger partial charge in [0.05, 0.1) is 24.5 Å². The second kappa shape index (κ2) is 5.55. The molecule has 5 nitrogen and oxygen atoms in total. The van der Waals surface area contributed by atoms with Gasteiger partial charge in [0, 0.05) is 31.6 Å². The van der Waals surface area contributed by atoms with E-state index in [2.05, 4.69) is 17.9 Å². The summed E-state index contributed by atoms with van der Waals surface area (Å²) in [5.41, 5.74) is 9.38. The molecule has 0 saturated carbocycles. The van der Waals surface area contributed by atoms with Gasteiger partial charge in [-0.25, -0.2) is 0 Å². The van der Waals surface area contributed by atoms with Crippen molar-refractivity contribution in [2.24, 2.45) is 0 Å². The van der Waals surface area contributed by atoms with Crippen LogP contribution in [-0.2, 0) is 15.9 Å². The number of benzene rings is 1. The lowest BCUT2D eigenvalue weighted by atomic mass is 9.98. The zero-order valence-electron chi connectivity index (χ0n) is 12.4. The molecule has 2 aliphatic heterocycles. The number of piperidine rings is 1. The number of nitrogen functional groups attached to an aromatic ring is 1. The minimum Gasteiger partial charge on any atom is -0.399 e. The van der Waals surface area contributed by atoms with Gasteiger partial charge in [-0.3, -0.25) is 0 Å². The van der Waals surface area contributed by atoms with Gasteiger partial charge in [0.25, 0.3) is 0 Å². The summed E-state index contributed by atoms with van der Waals surface area (Å²) in [4.78, 5) is 2.27. The molecular formula is C16H21N3O2. The van der Waals surface area contributed by atoms with Crippen LogP contribution in [0.15, 0.2) is 12.1 Å². The van der Waals surface area contributed by atoms with E-state index in [0.717, 1.165) is 43.6 Å². The third kappa shape index (κ3) is 2.57. The van der Waals surface area contributed by atoms with Crippen molar-refractivity contribution in [2.75, 3.05) is 36.9 Å².